The number of rotatable bonds is 54. The summed E-state index contributed by atoms with van der Waals surface area (Å²) in [6.07, 6.45) is 66.2. The molecule has 0 saturated carbocycles. The molecule has 0 aliphatic rings. The Labute approximate surface area is 400 Å². The molecule has 0 bridgehead atoms. The number of esters is 2. The van der Waals surface area contributed by atoms with Crippen molar-refractivity contribution in [2.24, 2.45) is 0 Å². The Morgan fingerprint density at radius 3 is 1.06 bits per heavy atom. The minimum atomic E-state index is -0.530. The van der Waals surface area contributed by atoms with Gasteiger partial charge in [0.2, 0.25) is 0 Å². The second-order valence-corrected chi connectivity index (χ2v) is 19.6. The minimum absolute atomic E-state index is 0.0914. The summed E-state index contributed by atoms with van der Waals surface area (Å²) in [5.74, 6) is -0.379. The molecule has 0 N–H and O–H groups in total. The molecule has 5 nitrogen and oxygen atoms in total. The first-order valence-corrected chi connectivity index (χ1v) is 28.9. The van der Waals surface area contributed by atoms with Gasteiger partial charge >= 0.3 is 11.9 Å². The summed E-state index contributed by atoms with van der Waals surface area (Å²) in [7, 11) is 0. The summed E-state index contributed by atoms with van der Waals surface area (Å²) in [5, 5.41) is 0. The van der Waals surface area contributed by atoms with Gasteiger partial charge in [-0.05, 0) is 51.4 Å². The molecule has 64 heavy (non-hydrogen) atoms. The van der Waals surface area contributed by atoms with Gasteiger partial charge in [0.15, 0.2) is 6.10 Å². The summed E-state index contributed by atoms with van der Waals surface area (Å²) >= 11 is 0. The number of ether oxygens (including phenoxy) is 3. The van der Waals surface area contributed by atoms with Gasteiger partial charge in [-0.1, -0.05) is 276 Å². The van der Waals surface area contributed by atoms with Crippen LogP contribution in [0, 0.1) is 0 Å². The third-order valence-corrected chi connectivity index (χ3v) is 13.0. The highest BCUT2D eigenvalue weighted by Gasteiger charge is 2.17. The van der Waals surface area contributed by atoms with E-state index < -0.39 is 6.10 Å². The van der Waals surface area contributed by atoms with Gasteiger partial charge in [-0.2, -0.15) is 0 Å². The molecule has 0 fully saturated rings. The Morgan fingerprint density at radius 1 is 0.344 bits per heavy atom. The fraction of sp³-hybridized carbons (Fsp3) is 0.898. The van der Waals surface area contributed by atoms with Gasteiger partial charge in [0.1, 0.15) is 6.61 Å². The topological polar surface area (TPSA) is 61.8 Å². The maximum atomic E-state index is 12.8. The predicted molar refractivity (Wildman–Crippen MR) is 279 cm³/mol. The number of carbonyl (C=O) groups excluding carboxylic acids is 2. The van der Waals surface area contributed by atoms with Crippen LogP contribution < -0.4 is 0 Å². The van der Waals surface area contributed by atoms with Crippen LogP contribution in [-0.2, 0) is 23.8 Å². The van der Waals surface area contributed by atoms with E-state index in [2.05, 4.69) is 45.1 Å². The number of carbonyl (C=O) groups is 2. The van der Waals surface area contributed by atoms with Crippen LogP contribution in [0.3, 0.4) is 0 Å². The van der Waals surface area contributed by atoms with Crippen molar-refractivity contribution in [3.8, 4) is 0 Å². The third kappa shape index (κ3) is 53.0. The maximum absolute atomic E-state index is 12.8. The molecule has 378 valence electrons. The fourth-order valence-electron chi connectivity index (χ4n) is 8.66. The average Bonchev–Trinajstić information content (AvgIpc) is 3.30. The zero-order valence-corrected chi connectivity index (χ0v) is 43.6. The largest absolute Gasteiger partial charge is 0.462 e. The lowest BCUT2D eigenvalue weighted by molar-refractivity contribution is -0.163. The molecule has 0 aromatic carbocycles. The fourth-order valence-corrected chi connectivity index (χ4v) is 8.66. The summed E-state index contributed by atoms with van der Waals surface area (Å²) in [6, 6.07) is 0. The van der Waals surface area contributed by atoms with Gasteiger partial charge in [-0.3, -0.25) is 9.59 Å². The summed E-state index contributed by atoms with van der Waals surface area (Å²) in [4.78, 5) is 25.5. The molecular weight excluding hydrogens is 789 g/mol. The van der Waals surface area contributed by atoms with Crippen LogP contribution in [0.15, 0.2) is 24.3 Å². The van der Waals surface area contributed by atoms with E-state index in [9.17, 15) is 9.59 Å². The molecule has 0 heterocycles. The number of hydrogen-bond donors (Lipinski definition) is 0. The van der Waals surface area contributed by atoms with E-state index >= 15 is 0 Å². The standard InChI is InChI=1S/C59H112O5/c1-4-7-10-13-16-19-22-25-27-29-30-31-32-35-37-40-43-46-49-52-58(60)63-56-57(64-59(61)53-50-47-44-41-38-34-24-21-18-15-12-9-6-3)55-62-54-51-48-45-42-39-36-33-28-26-23-20-17-14-11-8-5-2/h16,19,25,27,57H,4-15,17-18,20-24,26,28-56H2,1-3H3/b19-16-,27-25-/t57-/m1/s1. The molecule has 0 unspecified atom stereocenters. The lowest BCUT2D eigenvalue weighted by Gasteiger charge is -2.18. The summed E-state index contributed by atoms with van der Waals surface area (Å²) in [6.45, 7) is 7.87. The van der Waals surface area contributed by atoms with E-state index in [1.165, 1.54) is 244 Å². The molecular formula is C59H112O5. The second-order valence-electron chi connectivity index (χ2n) is 19.6. The minimum Gasteiger partial charge on any atom is -0.462 e. The Balaban J connectivity index is 4.19. The van der Waals surface area contributed by atoms with Crippen molar-refractivity contribution in [1.82, 2.24) is 0 Å². The van der Waals surface area contributed by atoms with Crippen molar-refractivity contribution in [2.45, 2.75) is 322 Å². The highest BCUT2D eigenvalue weighted by atomic mass is 16.6. The van der Waals surface area contributed by atoms with Crippen LogP contribution in [0.5, 0.6) is 0 Å². The quantitative estimate of drug-likeness (QED) is 0.0346. The van der Waals surface area contributed by atoms with Crippen molar-refractivity contribution in [1.29, 1.82) is 0 Å². The lowest BCUT2D eigenvalue weighted by Crippen LogP contribution is -2.30. The SMILES string of the molecule is CCCCC/C=C\C/C=C\CCCCCCCCCCCC(=O)OC[C@@H](COCCCCCCCCCCCCCCCCCC)OC(=O)CCCCCCCCCCCCCCC. The summed E-state index contributed by atoms with van der Waals surface area (Å²) in [5.41, 5.74) is 0. The van der Waals surface area contributed by atoms with E-state index in [4.69, 9.17) is 14.2 Å². The van der Waals surface area contributed by atoms with Crippen LogP contribution in [0.4, 0.5) is 0 Å². The average molecular weight is 902 g/mol. The van der Waals surface area contributed by atoms with Gasteiger partial charge in [-0.25, -0.2) is 0 Å². The van der Waals surface area contributed by atoms with E-state index in [0.29, 0.717) is 26.1 Å². The first-order valence-electron chi connectivity index (χ1n) is 28.9. The zero-order valence-electron chi connectivity index (χ0n) is 43.6. The van der Waals surface area contributed by atoms with Crippen molar-refractivity contribution in [3.63, 3.8) is 0 Å². The highest BCUT2D eigenvalue weighted by molar-refractivity contribution is 5.70. The summed E-state index contributed by atoms with van der Waals surface area (Å²) < 4.78 is 17.5. The van der Waals surface area contributed by atoms with Crippen molar-refractivity contribution >= 4 is 11.9 Å². The lowest BCUT2D eigenvalue weighted by atomic mass is 10.0. The van der Waals surface area contributed by atoms with Crippen LogP contribution >= 0.6 is 0 Å². The van der Waals surface area contributed by atoms with Crippen molar-refractivity contribution in [3.05, 3.63) is 24.3 Å². The van der Waals surface area contributed by atoms with E-state index in [0.717, 1.165) is 38.5 Å². The predicted octanol–water partition coefficient (Wildman–Crippen LogP) is 19.6. The van der Waals surface area contributed by atoms with E-state index in [1.54, 1.807) is 0 Å². The normalized spacial score (nSPS) is 12.2. The molecule has 0 amide bonds. The first kappa shape index (κ1) is 62.4. The molecule has 0 aromatic heterocycles. The number of hydrogen-bond acceptors (Lipinski definition) is 5. The van der Waals surface area contributed by atoms with Gasteiger partial charge < -0.3 is 14.2 Å². The van der Waals surface area contributed by atoms with Crippen LogP contribution in [0.2, 0.25) is 0 Å². The van der Waals surface area contributed by atoms with Gasteiger partial charge in [0.05, 0.1) is 6.61 Å². The molecule has 1 atom stereocenters. The monoisotopic (exact) mass is 901 g/mol. The first-order chi connectivity index (χ1) is 31.6. The van der Waals surface area contributed by atoms with Gasteiger partial charge in [0, 0.05) is 19.4 Å². The molecule has 5 heteroatoms. The molecule has 0 rings (SSSR count). The molecule has 0 saturated heterocycles. The Bertz CT molecular complexity index is 974. The molecule has 0 aliphatic carbocycles. The Morgan fingerprint density at radius 2 is 0.656 bits per heavy atom. The molecule has 0 aromatic rings. The van der Waals surface area contributed by atoms with E-state index in [-0.39, 0.29) is 18.5 Å². The molecule has 0 radical (unpaired) electrons. The van der Waals surface area contributed by atoms with Gasteiger partial charge in [0.25, 0.3) is 0 Å². The Kier molecular flexibility index (Phi) is 54.3. The van der Waals surface area contributed by atoms with Crippen molar-refractivity contribution in [2.75, 3.05) is 19.8 Å². The zero-order chi connectivity index (χ0) is 46.3. The van der Waals surface area contributed by atoms with E-state index in [1.807, 2.05) is 0 Å². The van der Waals surface area contributed by atoms with Gasteiger partial charge in [-0.15, -0.1) is 0 Å². The highest BCUT2D eigenvalue weighted by Crippen LogP contribution is 2.17. The Hall–Kier alpha value is -1.62. The number of unbranched alkanes of at least 4 members (excludes halogenated alkanes) is 39. The van der Waals surface area contributed by atoms with Crippen LogP contribution in [0.25, 0.3) is 0 Å². The number of allylic oxidation sites excluding steroid dienone is 4. The second kappa shape index (κ2) is 55.7. The molecule has 0 aliphatic heterocycles. The van der Waals surface area contributed by atoms with Crippen LogP contribution in [0.1, 0.15) is 316 Å². The van der Waals surface area contributed by atoms with Crippen LogP contribution in [-0.4, -0.2) is 37.9 Å². The maximum Gasteiger partial charge on any atom is 0.306 e. The molecule has 0 spiro atoms. The van der Waals surface area contributed by atoms with Crippen molar-refractivity contribution < 1.29 is 23.8 Å². The third-order valence-electron chi connectivity index (χ3n) is 13.0. The smallest absolute Gasteiger partial charge is 0.306 e.